The highest BCUT2D eigenvalue weighted by molar-refractivity contribution is 8.77. The second-order valence-corrected chi connectivity index (χ2v) is 6.35. The Kier molecular flexibility index (Phi) is 7.48. The normalized spacial score (nSPS) is 20.9. The summed E-state index contributed by atoms with van der Waals surface area (Å²) in [6.07, 6.45) is 12.0. The number of rotatable bonds is 7. The molecule has 1 fully saturated rings. The van der Waals surface area contributed by atoms with Crippen LogP contribution in [0.1, 0.15) is 32.1 Å². The van der Waals surface area contributed by atoms with E-state index >= 15 is 0 Å². The van der Waals surface area contributed by atoms with Crippen molar-refractivity contribution in [2.24, 2.45) is 0 Å². The fourth-order valence-corrected chi connectivity index (χ4v) is 4.55. The Morgan fingerprint density at radius 2 is 2.29 bits per heavy atom. The Bertz CT molecular complexity index is 171. The molecule has 0 aromatic carbocycles. The minimum Gasteiger partial charge on any atom is -0.306 e. The molecular formula is C11H19NS2. The SMILES string of the molecule is C#CCNCCCCC[C@H]1CCSS1. The van der Waals surface area contributed by atoms with Gasteiger partial charge in [0.15, 0.2) is 0 Å². The fraction of sp³-hybridized carbons (Fsp3) is 0.818. The molecule has 0 unspecified atom stereocenters. The van der Waals surface area contributed by atoms with Crippen molar-refractivity contribution in [1.29, 1.82) is 0 Å². The average molecular weight is 229 g/mol. The van der Waals surface area contributed by atoms with Gasteiger partial charge >= 0.3 is 0 Å². The molecule has 80 valence electrons. The van der Waals surface area contributed by atoms with E-state index in [-0.39, 0.29) is 0 Å². The van der Waals surface area contributed by atoms with E-state index in [0.717, 1.165) is 18.3 Å². The van der Waals surface area contributed by atoms with Crippen LogP contribution in [0.2, 0.25) is 0 Å². The molecule has 1 N–H and O–H groups in total. The van der Waals surface area contributed by atoms with Crippen molar-refractivity contribution in [1.82, 2.24) is 5.32 Å². The summed E-state index contributed by atoms with van der Waals surface area (Å²) in [5.74, 6) is 3.95. The van der Waals surface area contributed by atoms with Gasteiger partial charge in [0.05, 0.1) is 6.54 Å². The van der Waals surface area contributed by atoms with E-state index < -0.39 is 0 Å². The van der Waals surface area contributed by atoms with Crippen molar-refractivity contribution >= 4 is 21.6 Å². The van der Waals surface area contributed by atoms with Gasteiger partial charge in [-0.05, 0) is 25.8 Å². The van der Waals surface area contributed by atoms with E-state index in [9.17, 15) is 0 Å². The Balaban J connectivity index is 1.78. The van der Waals surface area contributed by atoms with Crippen LogP contribution in [-0.4, -0.2) is 24.1 Å². The molecular weight excluding hydrogens is 210 g/mol. The highest BCUT2D eigenvalue weighted by Crippen LogP contribution is 2.39. The molecule has 1 nitrogen and oxygen atoms in total. The summed E-state index contributed by atoms with van der Waals surface area (Å²) in [7, 11) is 4.13. The molecule has 0 aromatic heterocycles. The minimum atomic E-state index is 0.717. The quantitative estimate of drug-likeness (QED) is 0.409. The summed E-state index contributed by atoms with van der Waals surface area (Å²) < 4.78 is 0. The van der Waals surface area contributed by atoms with Gasteiger partial charge in [-0.3, -0.25) is 0 Å². The number of hydrogen-bond acceptors (Lipinski definition) is 3. The standard InChI is InChI=1S/C11H19NS2/c1-2-8-12-9-5-3-4-6-11-7-10-13-14-11/h1,11-12H,3-10H2/t11-/m0/s1. The first-order valence-corrected chi connectivity index (χ1v) is 7.74. The molecule has 1 aliphatic rings. The van der Waals surface area contributed by atoms with Crippen LogP contribution in [0.5, 0.6) is 0 Å². The summed E-state index contributed by atoms with van der Waals surface area (Å²) in [5.41, 5.74) is 0. The molecule has 0 aromatic rings. The van der Waals surface area contributed by atoms with Gasteiger partial charge in [0.1, 0.15) is 0 Å². The maximum atomic E-state index is 5.13. The van der Waals surface area contributed by atoms with E-state index in [2.05, 4.69) is 22.0 Å². The number of terminal acetylenes is 1. The lowest BCUT2D eigenvalue weighted by Crippen LogP contribution is -2.15. The molecule has 1 saturated heterocycles. The summed E-state index contributed by atoms with van der Waals surface area (Å²) in [5, 5.41) is 4.16. The summed E-state index contributed by atoms with van der Waals surface area (Å²) >= 11 is 0. The lowest BCUT2D eigenvalue weighted by molar-refractivity contribution is 0.596. The topological polar surface area (TPSA) is 12.0 Å². The van der Waals surface area contributed by atoms with Crippen LogP contribution in [0.25, 0.3) is 0 Å². The van der Waals surface area contributed by atoms with Crippen LogP contribution in [0.15, 0.2) is 0 Å². The zero-order valence-corrected chi connectivity index (χ0v) is 10.3. The molecule has 0 spiro atoms. The largest absolute Gasteiger partial charge is 0.306 e. The molecule has 1 aliphatic heterocycles. The monoisotopic (exact) mass is 229 g/mol. The van der Waals surface area contributed by atoms with Gasteiger partial charge in [0, 0.05) is 11.0 Å². The molecule has 3 heteroatoms. The molecule has 14 heavy (non-hydrogen) atoms. The molecule has 1 atom stereocenters. The van der Waals surface area contributed by atoms with E-state index in [1.165, 1.54) is 37.9 Å². The third-order valence-electron chi connectivity index (χ3n) is 2.33. The Labute approximate surface area is 95.6 Å². The zero-order chi connectivity index (χ0) is 10.1. The van der Waals surface area contributed by atoms with Crippen LogP contribution >= 0.6 is 21.6 Å². The molecule has 0 radical (unpaired) electrons. The maximum Gasteiger partial charge on any atom is 0.0573 e. The van der Waals surface area contributed by atoms with Crippen molar-refractivity contribution in [3.05, 3.63) is 0 Å². The molecule has 0 amide bonds. The van der Waals surface area contributed by atoms with E-state index in [1.54, 1.807) is 0 Å². The molecule has 1 rings (SSSR count). The van der Waals surface area contributed by atoms with Crippen molar-refractivity contribution in [3.63, 3.8) is 0 Å². The Hall–Kier alpha value is 0.220. The van der Waals surface area contributed by atoms with Crippen molar-refractivity contribution in [3.8, 4) is 12.3 Å². The van der Waals surface area contributed by atoms with Gasteiger partial charge in [-0.25, -0.2) is 0 Å². The predicted molar refractivity (Wildman–Crippen MR) is 68.6 cm³/mol. The molecule has 0 saturated carbocycles. The summed E-state index contributed by atoms with van der Waals surface area (Å²) in [6.45, 7) is 1.80. The van der Waals surface area contributed by atoms with E-state index in [1.807, 2.05) is 10.8 Å². The first-order valence-electron chi connectivity index (χ1n) is 5.36. The second kappa shape index (κ2) is 8.52. The Morgan fingerprint density at radius 1 is 1.36 bits per heavy atom. The highest BCUT2D eigenvalue weighted by Gasteiger charge is 2.15. The average Bonchev–Trinajstić information content (AvgIpc) is 2.69. The molecule has 0 bridgehead atoms. The summed E-state index contributed by atoms with van der Waals surface area (Å²) in [6, 6.07) is 0. The highest BCUT2D eigenvalue weighted by atomic mass is 33.1. The van der Waals surface area contributed by atoms with Crippen LogP contribution in [0.3, 0.4) is 0 Å². The third kappa shape index (κ3) is 5.85. The van der Waals surface area contributed by atoms with E-state index in [0.29, 0.717) is 0 Å². The maximum absolute atomic E-state index is 5.13. The van der Waals surface area contributed by atoms with Gasteiger partial charge in [-0.15, -0.1) is 6.42 Å². The fourth-order valence-electron chi connectivity index (χ4n) is 1.52. The van der Waals surface area contributed by atoms with Crippen molar-refractivity contribution < 1.29 is 0 Å². The number of hydrogen-bond donors (Lipinski definition) is 1. The Morgan fingerprint density at radius 3 is 3.00 bits per heavy atom. The third-order valence-corrected chi connectivity index (χ3v) is 5.34. The van der Waals surface area contributed by atoms with E-state index in [4.69, 9.17) is 6.42 Å². The lowest BCUT2D eigenvalue weighted by atomic mass is 10.1. The van der Waals surface area contributed by atoms with Crippen LogP contribution in [0.4, 0.5) is 0 Å². The lowest BCUT2D eigenvalue weighted by Gasteiger charge is -2.06. The molecule has 1 heterocycles. The first kappa shape index (κ1) is 12.3. The van der Waals surface area contributed by atoms with Crippen LogP contribution in [0, 0.1) is 12.3 Å². The van der Waals surface area contributed by atoms with Gasteiger partial charge in [-0.2, -0.15) is 0 Å². The van der Waals surface area contributed by atoms with Crippen molar-refractivity contribution in [2.45, 2.75) is 37.4 Å². The first-order chi connectivity index (χ1) is 6.93. The zero-order valence-electron chi connectivity index (χ0n) is 8.63. The van der Waals surface area contributed by atoms with Crippen molar-refractivity contribution in [2.75, 3.05) is 18.8 Å². The van der Waals surface area contributed by atoms with Gasteiger partial charge < -0.3 is 5.32 Å². The summed E-state index contributed by atoms with van der Waals surface area (Å²) in [4.78, 5) is 0. The van der Waals surface area contributed by atoms with Crippen LogP contribution in [-0.2, 0) is 0 Å². The van der Waals surface area contributed by atoms with Gasteiger partial charge in [0.2, 0.25) is 0 Å². The van der Waals surface area contributed by atoms with Crippen LogP contribution < -0.4 is 5.32 Å². The minimum absolute atomic E-state index is 0.717. The second-order valence-electron chi connectivity index (χ2n) is 3.56. The number of unbranched alkanes of at least 4 members (excludes halogenated alkanes) is 2. The predicted octanol–water partition coefficient (Wildman–Crippen LogP) is 2.92. The smallest absolute Gasteiger partial charge is 0.0573 e. The van der Waals surface area contributed by atoms with Gasteiger partial charge in [-0.1, -0.05) is 40.3 Å². The number of nitrogens with one attached hydrogen (secondary N) is 1. The van der Waals surface area contributed by atoms with Gasteiger partial charge in [0.25, 0.3) is 0 Å². The molecule has 0 aliphatic carbocycles.